The van der Waals surface area contributed by atoms with E-state index in [2.05, 4.69) is 0 Å². The van der Waals surface area contributed by atoms with Gasteiger partial charge < -0.3 is 4.74 Å². The summed E-state index contributed by atoms with van der Waals surface area (Å²) in [5.41, 5.74) is -0.118. The Morgan fingerprint density at radius 3 is 2.00 bits per heavy atom. The number of rotatable bonds is 1. The van der Waals surface area contributed by atoms with Crippen molar-refractivity contribution in [3.05, 3.63) is 0 Å². The van der Waals surface area contributed by atoms with Crippen molar-refractivity contribution in [1.82, 2.24) is 0 Å². The summed E-state index contributed by atoms with van der Waals surface area (Å²) in [7, 11) is 0. The van der Waals surface area contributed by atoms with Crippen LogP contribution in [0.25, 0.3) is 0 Å². The molecule has 0 aliphatic rings. The smallest absolute Gasteiger partial charge is 0.160 e. The molecule has 1 nitrogen and oxygen atoms in total. The van der Waals surface area contributed by atoms with E-state index in [1.807, 2.05) is 27.7 Å². The summed E-state index contributed by atoms with van der Waals surface area (Å²) < 4.78 is 5.32. The molecule has 0 atom stereocenters. The molecule has 0 aliphatic carbocycles. The average Bonchev–Trinajstić information content (AvgIpc) is 1.62. The summed E-state index contributed by atoms with van der Waals surface area (Å²) in [4.78, 5) is 0. The Balaban J connectivity index is 3.60. The second-order valence-corrected chi connectivity index (χ2v) is 3.40. The van der Waals surface area contributed by atoms with Crippen LogP contribution >= 0.6 is 12.2 Å². The summed E-state index contributed by atoms with van der Waals surface area (Å²) in [5.74, 6) is 0. The Morgan fingerprint density at radius 2 is 1.89 bits per heavy atom. The molecule has 0 aromatic carbocycles. The van der Waals surface area contributed by atoms with Crippen LogP contribution in [0.3, 0.4) is 0 Å². The molecule has 0 saturated carbocycles. The fraction of sp³-hybridized carbons (Fsp3) is 0.857. The van der Waals surface area contributed by atoms with Gasteiger partial charge in [-0.05, 0) is 33.0 Å². The summed E-state index contributed by atoms with van der Waals surface area (Å²) in [5, 5.41) is 0.697. The third-order valence-electron chi connectivity index (χ3n) is 0.709. The largest absolute Gasteiger partial charge is 0.482 e. The third-order valence-corrected chi connectivity index (χ3v) is 1.08. The summed E-state index contributed by atoms with van der Waals surface area (Å²) in [6.45, 7) is 7.98. The van der Waals surface area contributed by atoms with E-state index in [9.17, 15) is 0 Å². The van der Waals surface area contributed by atoms with Crippen LogP contribution in [0.4, 0.5) is 0 Å². The van der Waals surface area contributed by atoms with Crippen molar-refractivity contribution in [3.63, 3.8) is 0 Å². The van der Waals surface area contributed by atoms with Crippen molar-refractivity contribution in [2.75, 3.05) is 0 Å². The van der Waals surface area contributed by atoms with E-state index < -0.39 is 0 Å². The molecule has 0 rings (SSSR count). The third kappa shape index (κ3) is 5.77. The number of hydrogen-bond donors (Lipinski definition) is 0. The van der Waals surface area contributed by atoms with E-state index in [0.717, 1.165) is 6.42 Å². The molecule has 0 N–H and O–H groups in total. The Hall–Kier alpha value is -0.110. The minimum Gasteiger partial charge on any atom is -0.482 e. The molecule has 0 aromatic rings. The second kappa shape index (κ2) is 3.16. The first kappa shape index (κ1) is 8.89. The number of hydrogen-bond acceptors (Lipinski definition) is 2. The van der Waals surface area contributed by atoms with Crippen LogP contribution in [0.2, 0.25) is 0 Å². The van der Waals surface area contributed by atoms with Gasteiger partial charge in [0.05, 0.1) is 0 Å². The predicted molar refractivity (Wildman–Crippen MR) is 43.7 cm³/mol. The summed E-state index contributed by atoms with van der Waals surface area (Å²) >= 11 is 4.88. The van der Waals surface area contributed by atoms with Gasteiger partial charge in [-0.2, -0.15) is 0 Å². The highest BCUT2D eigenvalue weighted by Crippen LogP contribution is 2.08. The fourth-order valence-electron chi connectivity index (χ4n) is 0.414. The van der Waals surface area contributed by atoms with Crippen molar-refractivity contribution >= 4 is 17.3 Å². The first-order chi connectivity index (χ1) is 3.95. The normalized spacial score (nSPS) is 11.1. The van der Waals surface area contributed by atoms with Crippen LogP contribution in [0.1, 0.15) is 34.1 Å². The van der Waals surface area contributed by atoms with E-state index in [4.69, 9.17) is 17.0 Å². The Labute approximate surface area is 62.4 Å². The van der Waals surface area contributed by atoms with E-state index in [0.29, 0.717) is 5.05 Å². The van der Waals surface area contributed by atoms with Gasteiger partial charge in [-0.1, -0.05) is 6.92 Å². The monoisotopic (exact) mass is 146 g/mol. The zero-order valence-electron chi connectivity index (χ0n) is 6.52. The average molecular weight is 146 g/mol. The van der Waals surface area contributed by atoms with Gasteiger partial charge in [0.25, 0.3) is 0 Å². The minimum absolute atomic E-state index is 0.118. The molecule has 0 heterocycles. The standard InChI is InChI=1S/C7H14OS/c1-5-6(9)8-7(2,3)4/h5H2,1-4H3. The summed E-state index contributed by atoms with van der Waals surface area (Å²) in [6, 6.07) is 0. The van der Waals surface area contributed by atoms with E-state index in [1.54, 1.807) is 0 Å². The molecule has 0 bridgehead atoms. The van der Waals surface area contributed by atoms with Crippen molar-refractivity contribution in [3.8, 4) is 0 Å². The lowest BCUT2D eigenvalue weighted by atomic mass is 10.2. The molecule has 0 saturated heterocycles. The number of ether oxygens (including phenoxy) is 1. The van der Waals surface area contributed by atoms with Gasteiger partial charge >= 0.3 is 0 Å². The lowest BCUT2D eigenvalue weighted by molar-refractivity contribution is 0.118. The lowest BCUT2D eigenvalue weighted by Crippen LogP contribution is -2.22. The molecule has 2 heteroatoms. The first-order valence-electron chi connectivity index (χ1n) is 3.17. The maximum absolute atomic E-state index is 5.32. The Morgan fingerprint density at radius 1 is 1.44 bits per heavy atom. The molecule has 0 unspecified atom stereocenters. The molecule has 0 aromatic heterocycles. The Kier molecular flexibility index (Phi) is 3.12. The molecule has 54 valence electrons. The molecular formula is C7H14OS. The minimum atomic E-state index is -0.118. The zero-order chi connectivity index (χ0) is 7.49. The van der Waals surface area contributed by atoms with Gasteiger partial charge in [-0.15, -0.1) is 0 Å². The Bertz CT molecular complexity index is 102. The first-order valence-corrected chi connectivity index (χ1v) is 3.58. The van der Waals surface area contributed by atoms with Crippen molar-refractivity contribution in [2.45, 2.75) is 39.7 Å². The molecule has 0 spiro atoms. The molecule has 0 amide bonds. The predicted octanol–water partition coefficient (Wildman–Crippen LogP) is 2.54. The van der Waals surface area contributed by atoms with Crippen LogP contribution in [0.5, 0.6) is 0 Å². The van der Waals surface area contributed by atoms with Crippen LogP contribution in [0.15, 0.2) is 0 Å². The molecule has 9 heavy (non-hydrogen) atoms. The highest BCUT2D eigenvalue weighted by Gasteiger charge is 2.11. The highest BCUT2D eigenvalue weighted by molar-refractivity contribution is 7.80. The van der Waals surface area contributed by atoms with Crippen molar-refractivity contribution < 1.29 is 4.74 Å². The zero-order valence-corrected chi connectivity index (χ0v) is 7.34. The maximum Gasteiger partial charge on any atom is 0.160 e. The number of thiocarbonyl (C=S) groups is 1. The van der Waals surface area contributed by atoms with Gasteiger partial charge in [-0.3, -0.25) is 0 Å². The molecular weight excluding hydrogens is 132 g/mol. The quantitative estimate of drug-likeness (QED) is 0.526. The summed E-state index contributed by atoms with van der Waals surface area (Å²) in [6.07, 6.45) is 0.826. The van der Waals surface area contributed by atoms with E-state index in [1.165, 1.54) is 0 Å². The van der Waals surface area contributed by atoms with Gasteiger partial charge in [0.15, 0.2) is 5.05 Å². The fourth-order valence-corrected chi connectivity index (χ4v) is 0.664. The molecule has 0 radical (unpaired) electrons. The van der Waals surface area contributed by atoms with E-state index in [-0.39, 0.29) is 5.60 Å². The topological polar surface area (TPSA) is 9.23 Å². The SMILES string of the molecule is CCC(=S)OC(C)(C)C. The van der Waals surface area contributed by atoms with Gasteiger partial charge in [-0.25, -0.2) is 0 Å². The highest BCUT2D eigenvalue weighted by atomic mass is 32.1. The van der Waals surface area contributed by atoms with Gasteiger partial charge in [0.1, 0.15) is 5.60 Å². The van der Waals surface area contributed by atoms with Crippen LogP contribution < -0.4 is 0 Å². The maximum atomic E-state index is 5.32. The van der Waals surface area contributed by atoms with Crippen LogP contribution in [-0.2, 0) is 4.74 Å². The van der Waals surface area contributed by atoms with Gasteiger partial charge in [0, 0.05) is 6.42 Å². The molecule has 0 fully saturated rings. The van der Waals surface area contributed by atoms with Crippen molar-refractivity contribution in [2.24, 2.45) is 0 Å². The van der Waals surface area contributed by atoms with Crippen molar-refractivity contribution in [1.29, 1.82) is 0 Å². The molecule has 0 aliphatic heterocycles. The lowest BCUT2D eigenvalue weighted by Gasteiger charge is -2.20. The second-order valence-electron chi connectivity index (χ2n) is 2.94. The van der Waals surface area contributed by atoms with Crippen LogP contribution in [-0.4, -0.2) is 10.7 Å². The van der Waals surface area contributed by atoms with Gasteiger partial charge in [0.2, 0.25) is 0 Å². The van der Waals surface area contributed by atoms with Crippen LogP contribution in [0, 0.1) is 0 Å². The van der Waals surface area contributed by atoms with E-state index >= 15 is 0 Å².